The normalized spacial score (nSPS) is 15.9. The Morgan fingerprint density at radius 1 is 1.18 bits per heavy atom. The number of quaternary nitrogens is 1. The number of carboxylic acids is 1. The minimum Gasteiger partial charge on any atom is -0.542 e. The Hall–Kier alpha value is -3.61. The van der Waals surface area contributed by atoms with E-state index in [9.17, 15) is 26.7 Å². The molecule has 0 atom stereocenters. The molecule has 13 heteroatoms. The molecule has 8 nitrogen and oxygen atoms in total. The number of fused-ring (bicyclic) bond motifs is 1. The number of alkyl halides is 5. The van der Waals surface area contributed by atoms with E-state index < -0.39 is 18.1 Å². The standard InChI is InChI=1S/C19H19F2N5O.C2HF3O2.H2/c20-19(21)6-10-25(11-7-19)13-15-16-5-1-2-9-26(16)17(24-15)18(27)23-14-4-3-8-22-12-14;3-2(4,5)1(6)7;/h1-5,8-9,12H,6-7,10-11,13H2,(H,23,27);(H,6,7);1H. The molecule has 0 bridgehead atoms. The summed E-state index contributed by atoms with van der Waals surface area (Å²) in [6.45, 7) is 1.32. The van der Waals surface area contributed by atoms with Crippen molar-refractivity contribution in [3.63, 3.8) is 0 Å². The van der Waals surface area contributed by atoms with Gasteiger partial charge < -0.3 is 20.1 Å². The summed E-state index contributed by atoms with van der Waals surface area (Å²) in [6, 6.07) is 9.08. The Morgan fingerprint density at radius 3 is 2.44 bits per heavy atom. The van der Waals surface area contributed by atoms with Gasteiger partial charge in [-0.15, -0.1) is 0 Å². The smallest absolute Gasteiger partial charge is 0.430 e. The summed E-state index contributed by atoms with van der Waals surface area (Å²) in [6.07, 6.45) is -0.440. The van der Waals surface area contributed by atoms with Crippen LogP contribution in [0.3, 0.4) is 0 Å². The maximum atomic E-state index is 13.4. The average molecular weight is 487 g/mol. The van der Waals surface area contributed by atoms with Crippen molar-refractivity contribution in [3.8, 4) is 0 Å². The zero-order valence-electron chi connectivity index (χ0n) is 17.6. The number of nitrogens with one attached hydrogen (secondary N) is 2. The lowest BCUT2D eigenvalue weighted by Crippen LogP contribution is -3.12. The van der Waals surface area contributed by atoms with E-state index in [0.29, 0.717) is 25.3 Å². The summed E-state index contributed by atoms with van der Waals surface area (Å²) in [5.41, 5.74) is 2.14. The van der Waals surface area contributed by atoms with E-state index in [1.54, 1.807) is 35.1 Å². The van der Waals surface area contributed by atoms with Gasteiger partial charge in [-0.25, -0.2) is 13.8 Å². The van der Waals surface area contributed by atoms with Crippen LogP contribution in [0.5, 0.6) is 0 Å². The number of piperidine rings is 1. The molecule has 1 aliphatic rings. The molecule has 1 saturated heterocycles. The van der Waals surface area contributed by atoms with E-state index >= 15 is 0 Å². The number of aromatic nitrogens is 3. The summed E-state index contributed by atoms with van der Waals surface area (Å²) >= 11 is 0. The van der Waals surface area contributed by atoms with Crippen LogP contribution in [-0.2, 0) is 11.3 Å². The maximum Gasteiger partial charge on any atom is 0.430 e. The van der Waals surface area contributed by atoms with Crippen LogP contribution in [0.1, 0.15) is 30.6 Å². The van der Waals surface area contributed by atoms with E-state index in [1.165, 1.54) is 0 Å². The Kier molecular flexibility index (Phi) is 7.44. The number of pyridine rings is 2. The number of likely N-dealkylation sites (tertiary alicyclic amines) is 1. The number of nitrogens with zero attached hydrogens (tertiary/aromatic N) is 3. The Balaban J connectivity index is 0.000000476. The fourth-order valence-electron chi connectivity index (χ4n) is 3.40. The van der Waals surface area contributed by atoms with Crippen LogP contribution in [0.4, 0.5) is 27.6 Å². The zero-order chi connectivity index (χ0) is 24.9. The lowest BCUT2D eigenvalue weighted by molar-refractivity contribution is -0.921. The summed E-state index contributed by atoms with van der Waals surface area (Å²) in [7, 11) is 0. The molecule has 3 aromatic rings. The number of hydrogen-bond acceptors (Lipinski definition) is 5. The van der Waals surface area contributed by atoms with E-state index in [4.69, 9.17) is 9.90 Å². The molecule has 3 aromatic heterocycles. The topological polar surface area (TPSA) is 104 Å². The number of carbonyl (C=O) groups excluding carboxylic acids is 2. The number of rotatable bonds is 4. The summed E-state index contributed by atoms with van der Waals surface area (Å²) < 4.78 is 60.1. The fraction of sp³-hybridized carbons (Fsp3) is 0.333. The van der Waals surface area contributed by atoms with Crippen molar-refractivity contribution < 1.29 is 43.0 Å². The molecule has 4 heterocycles. The van der Waals surface area contributed by atoms with Crippen molar-refractivity contribution in [1.82, 2.24) is 14.4 Å². The Morgan fingerprint density at radius 2 is 1.85 bits per heavy atom. The van der Waals surface area contributed by atoms with Crippen molar-refractivity contribution in [2.45, 2.75) is 31.5 Å². The molecule has 1 amide bonds. The summed E-state index contributed by atoms with van der Waals surface area (Å²) in [5, 5.41) is 11.6. The minimum absolute atomic E-state index is 0. The van der Waals surface area contributed by atoms with Gasteiger partial charge in [-0.05, 0) is 24.3 Å². The highest BCUT2D eigenvalue weighted by Crippen LogP contribution is 2.23. The van der Waals surface area contributed by atoms with Crippen LogP contribution in [0.15, 0.2) is 48.9 Å². The quantitative estimate of drug-likeness (QED) is 0.541. The predicted octanol–water partition coefficient (Wildman–Crippen LogP) is 1.34. The first-order valence-corrected chi connectivity index (χ1v) is 10.1. The van der Waals surface area contributed by atoms with Gasteiger partial charge in [0.25, 0.3) is 11.8 Å². The maximum absolute atomic E-state index is 13.4. The second-order valence-electron chi connectivity index (χ2n) is 7.60. The lowest BCUT2D eigenvalue weighted by Gasteiger charge is -2.28. The minimum atomic E-state index is -5.19. The molecule has 4 rings (SSSR count). The van der Waals surface area contributed by atoms with E-state index in [2.05, 4.69) is 15.3 Å². The fourth-order valence-corrected chi connectivity index (χ4v) is 3.40. The molecule has 0 saturated carbocycles. The van der Waals surface area contributed by atoms with E-state index in [1.807, 2.05) is 18.2 Å². The van der Waals surface area contributed by atoms with Crippen LogP contribution in [0, 0.1) is 0 Å². The highest BCUT2D eigenvalue weighted by atomic mass is 19.4. The Bertz CT molecular complexity index is 1150. The molecule has 1 fully saturated rings. The van der Waals surface area contributed by atoms with E-state index in [-0.39, 0.29) is 26.0 Å². The van der Waals surface area contributed by atoms with Crippen molar-refractivity contribution in [1.29, 1.82) is 0 Å². The second-order valence-corrected chi connectivity index (χ2v) is 7.60. The number of anilines is 1. The lowest BCUT2D eigenvalue weighted by atomic mass is 10.1. The van der Waals surface area contributed by atoms with Gasteiger partial charge in [0, 0.05) is 13.8 Å². The number of halogens is 5. The van der Waals surface area contributed by atoms with Crippen molar-refractivity contribution in [3.05, 3.63) is 60.4 Å². The predicted molar refractivity (Wildman–Crippen MR) is 109 cm³/mol. The van der Waals surface area contributed by atoms with Crippen molar-refractivity contribution in [2.75, 3.05) is 18.4 Å². The highest BCUT2D eigenvalue weighted by molar-refractivity contribution is 6.02. The first-order valence-electron chi connectivity index (χ1n) is 10.1. The van der Waals surface area contributed by atoms with Crippen LogP contribution in [0.2, 0.25) is 0 Å². The van der Waals surface area contributed by atoms with Gasteiger partial charge in [0.15, 0.2) is 0 Å². The average Bonchev–Trinajstić information content (AvgIpc) is 3.14. The number of aliphatic carboxylic acids is 1. The van der Waals surface area contributed by atoms with Crippen LogP contribution >= 0.6 is 0 Å². The summed E-state index contributed by atoms with van der Waals surface area (Å²) in [5.74, 6) is -5.64. The molecule has 0 spiro atoms. The van der Waals surface area contributed by atoms with Crippen molar-refractivity contribution >= 4 is 23.1 Å². The van der Waals surface area contributed by atoms with Gasteiger partial charge in [0.1, 0.15) is 18.2 Å². The van der Waals surface area contributed by atoms with Gasteiger partial charge in [0.2, 0.25) is 5.82 Å². The molecule has 0 aromatic carbocycles. The SMILES string of the molecule is O=C(Nc1cccnc1)c1nc(C[NH+]2CCC(F)(F)CC2)c2ccccn12.O=C([O-])C(F)(F)F.[HH]. The van der Waals surface area contributed by atoms with E-state index in [0.717, 1.165) is 16.1 Å². The number of amides is 1. The third-order valence-electron chi connectivity index (χ3n) is 5.08. The largest absolute Gasteiger partial charge is 0.542 e. The monoisotopic (exact) mass is 487 g/mol. The zero-order valence-corrected chi connectivity index (χ0v) is 17.6. The summed E-state index contributed by atoms with van der Waals surface area (Å²) in [4.78, 5) is 31.1. The van der Waals surface area contributed by atoms with Crippen molar-refractivity contribution in [2.24, 2.45) is 0 Å². The first kappa shape index (κ1) is 25.0. The molecule has 184 valence electrons. The molecule has 34 heavy (non-hydrogen) atoms. The number of imidazole rings is 1. The van der Waals surface area contributed by atoms with Gasteiger partial charge >= 0.3 is 6.18 Å². The molecule has 1 aliphatic heterocycles. The number of hydrogen-bond donors (Lipinski definition) is 2. The molecule has 0 aliphatic carbocycles. The van der Waals surface area contributed by atoms with Gasteiger partial charge in [-0.3, -0.25) is 14.2 Å². The number of carboxylic acid groups (broad SMARTS) is 1. The first-order chi connectivity index (χ1) is 16.0. The Labute approximate surface area is 191 Å². The highest BCUT2D eigenvalue weighted by Gasteiger charge is 2.37. The molecule has 2 N–H and O–H groups in total. The number of carbonyl (C=O) groups is 2. The molecule has 0 unspecified atom stereocenters. The van der Waals surface area contributed by atoms with Crippen LogP contribution in [-0.4, -0.2) is 51.4 Å². The van der Waals surface area contributed by atoms with Crippen LogP contribution < -0.4 is 15.3 Å². The molecule has 0 radical (unpaired) electrons. The molecular formula is C21H22F5N5O3. The van der Waals surface area contributed by atoms with Gasteiger partial charge in [-0.1, -0.05) is 6.07 Å². The van der Waals surface area contributed by atoms with Gasteiger partial charge in [0.05, 0.1) is 43.3 Å². The third-order valence-corrected chi connectivity index (χ3v) is 5.08. The third kappa shape index (κ3) is 6.47. The second kappa shape index (κ2) is 10.1. The van der Waals surface area contributed by atoms with Crippen LogP contribution in [0.25, 0.3) is 5.52 Å². The van der Waals surface area contributed by atoms with Gasteiger partial charge in [-0.2, -0.15) is 13.2 Å². The molecular weight excluding hydrogens is 465 g/mol.